The number of thioether (sulfide) groups is 1. The molecule has 0 aliphatic rings. The quantitative estimate of drug-likeness (QED) is 0.799. The van der Waals surface area contributed by atoms with Gasteiger partial charge in [0.1, 0.15) is 0 Å². The second kappa shape index (κ2) is 5.18. The highest BCUT2D eigenvalue weighted by molar-refractivity contribution is 9.10. The maximum atomic E-state index is 11.6. The van der Waals surface area contributed by atoms with E-state index in [2.05, 4.69) is 37.1 Å². The summed E-state index contributed by atoms with van der Waals surface area (Å²) < 4.78 is 6.63. The second-order valence-electron chi connectivity index (χ2n) is 4.25. The van der Waals surface area contributed by atoms with Crippen molar-refractivity contribution in [1.82, 2.24) is 0 Å². The van der Waals surface area contributed by atoms with Crippen LogP contribution in [0.4, 0.5) is 0 Å². The Morgan fingerprint density at radius 2 is 2.13 bits per heavy atom. The predicted molar refractivity (Wildman–Crippen MR) is 66.1 cm³/mol. The molecule has 0 N–H and O–H groups in total. The van der Waals surface area contributed by atoms with Crippen LogP contribution in [0.2, 0.25) is 0 Å². The van der Waals surface area contributed by atoms with Crippen LogP contribution in [0.1, 0.15) is 10.6 Å². The number of furan rings is 1. The molecule has 1 rings (SSSR count). The molecule has 3 nitrogen and oxygen atoms in total. The first-order valence-corrected chi connectivity index (χ1v) is 6.39. The van der Waals surface area contributed by atoms with E-state index in [4.69, 9.17) is 4.42 Å². The molecule has 0 aliphatic carbocycles. The van der Waals surface area contributed by atoms with E-state index in [1.807, 2.05) is 0 Å². The Kier molecular flexibility index (Phi) is 4.43. The van der Waals surface area contributed by atoms with Gasteiger partial charge in [-0.25, -0.2) is 0 Å². The molecule has 84 valence electrons. The van der Waals surface area contributed by atoms with Gasteiger partial charge in [0.15, 0.2) is 10.4 Å². The van der Waals surface area contributed by atoms with E-state index in [0.29, 0.717) is 10.4 Å². The van der Waals surface area contributed by atoms with Gasteiger partial charge in [0.2, 0.25) is 0 Å². The summed E-state index contributed by atoms with van der Waals surface area (Å²) in [7, 11) is 6.32. The maximum Gasteiger partial charge on any atom is 0.254 e. The van der Waals surface area contributed by atoms with Crippen molar-refractivity contribution in [3.63, 3.8) is 0 Å². The Labute approximate surface area is 103 Å². The third kappa shape index (κ3) is 4.86. The average molecular weight is 293 g/mol. The minimum Gasteiger partial charge on any atom is -0.445 e. The molecule has 0 bridgehead atoms. The summed E-state index contributed by atoms with van der Waals surface area (Å²) in [5, 5.41) is -0.00542. The Bertz CT molecular complexity index is 343. The number of quaternary nitrogens is 1. The Balaban J connectivity index is 2.37. The van der Waals surface area contributed by atoms with Crippen molar-refractivity contribution >= 4 is 32.8 Å². The van der Waals surface area contributed by atoms with Gasteiger partial charge in [-0.2, -0.15) is 0 Å². The number of halogens is 1. The van der Waals surface area contributed by atoms with Crippen molar-refractivity contribution in [3.8, 4) is 0 Å². The topological polar surface area (TPSA) is 30.2 Å². The lowest BCUT2D eigenvalue weighted by molar-refractivity contribution is -0.867. The zero-order valence-corrected chi connectivity index (χ0v) is 11.5. The van der Waals surface area contributed by atoms with Crippen molar-refractivity contribution < 1.29 is 13.7 Å². The smallest absolute Gasteiger partial charge is 0.254 e. The Hall–Kier alpha value is -0.260. The number of carbonyl (C=O) groups is 1. The van der Waals surface area contributed by atoms with E-state index >= 15 is 0 Å². The van der Waals surface area contributed by atoms with Crippen molar-refractivity contribution in [3.05, 3.63) is 22.6 Å². The molecule has 0 amide bonds. The van der Waals surface area contributed by atoms with E-state index in [1.165, 1.54) is 11.8 Å². The fourth-order valence-corrected chi connectivity index (χ4v) is 2.29. The number of rotatable bonds is 4. The summed E-state index contributed by atoms with van der Waals surface area (Å²) in [6, 6.07) is 3.42. The van der Waals surface area contributed by atoms with Crippen LogP contribution in [0.15, 0.2) is 21.2 Å². The molecule has 1 heterocycles. The third-order valence-electron chi connectivity index (χ3n) is 1.77. The van der Waals surface area contributed by atoms with Gasteiger partial charge < -0.3 is 8.90 Å². The van der Waals surface area contributed by atoms with Gasteiger partial charge in [-0.3, -0.25) is 4.79 Å². The van der Waals surface area contributed by atoms with Crippen LogP contribution < -0.4 is 0 Å². The van der Waals surface area contributed by atoms with Crippen LogP contribution in [-0.4, -0.2) is 43.0 Å². The molecular weight excluding hydrogens is 278 g/mol. The molecule has 5 heteroatoms. The SMILES string of the molecule is C[N+](C)(C)CCSC(=O)c1ccc(Br)o1. The van der Waals surface area contributed by atoms with Crippen LogP contribution >= 0.6 is 27.7 Å². The van der Waals surface area contributed by atoms with Gasteiger partial charge in [0, 0.05) is 0 Å². The summed E-state index contributed by atoms with van der Waals surface area (Å²) in [5.41, 5.74) is 0. The molecule has 1 aromatic heterocycles. The molecule has 0 spiro atoms. The molecule has 0 radical (unpaired) electrons. The van der Waals surface area contributed by atoms with Crippen LogP contribution in [0, 0.1) is 0 Å². The summed E-state index contributed by atoms with van der Waals surface area (Å²) in [6.07, 6.45) is 0. The van der Waals surface area contributed by atoms with Gasteiger partial charge in [-0.15, -0.1) is 0 Å². The molecular formula is C10H15BrNO2S+. The first kappa shape index (κ1) is 12.8. The summed E-state index contributed by atoms with van der Waals surface area (Å²) in [6.45, 7) is 0.957. The van der Waals surface area contributed by atoms with E-state index in [-0.39, 0.29) is 5.12 Å². The zero-order valence-electron chi connectivity index (χ0n) is 9.12. The van der Waals surface area contributed by atoms with Gasteiger partial charge in [0.25, 0.3) is 5.12 Å². The fourth-order valence-electron chi connectivity index (χ4n) is 0.907. The second-order valence-corrected chi connectivity index (χ2v) is 6.10. The average Bonchev–Trinajstić information content (AvgIpc) is 2.49. The summed E-state index contributed by atoms with van der Waals surface area (Å²) in [5.74, 6) is 1.22. The van der Waals surface area contributed by atoms with E-state index < -0.39 is 0 Å². The highest BCUT2D eigenvalue weighted by Crippen LogP contribution is 2.19. The Morgan fingerprint density at radius 1 is 1.47 bits per heavy atom. The van der Waals surface area contributed by atoms with Crippen molar-refractivity contribution in [2.75, 3.05) is 33.4 Å². The maximum absolute atomic E-state index is 11.6. The molecule has 0 aromatic carbocycles. The van der Waals surface area contributed by atoms with E-state index in [0.717, 1.165) is 16.8 Å². The van der Waals surface area contributed by atoms with Crippen LogP contribution in [-0.2, 0) is 0 Å². The number of hydrogen-bond acceptors (Lipinski definition) is 3. The highest BCUT2D eigenvalue weighted by atomic mass is 79.9. The van der Waals surface area contributed by atoms with Crippen LogP contribution in [0.25, 0.3) is 0 Å². The first-order chi connectivity index (χ1) is 6.88. The van der Waals surface area contributed by atoms with Gasteiger partial charge in [-0.05, 0) is 28.1 Å². The molecule has 0 saturated carbocycles. The van der Waals surface area contributed by atoms with Crippen molar-refractivity contribution in [2.45, 2.75) is 0 Å². The lowest BCUT2D eigenvalue weighted by Gasteiger charge is -2.23. The Morgan fingerprint density at radius 3 is 2.60 bits per heavy atom. The number of carbonyl (C=O) groups excluding carboxylic acids is 1. The normalized spacial score (nSPS) is 11.7. The van der Waals surface area contributed by atoms with E-state index in [9.17, 15) is 4.79 Å². The number of hydrogen-bond donors (Lipinski definition) is 0. The molecule has 1 aromatic rings. The lowest BCUT2D eigenvalue weighted by atomic mass is 10.5. The van der Waals surface area contributed by atoms with Crippen molar-refractivity contribution in [2.24, 2.45) is 0 Å². The molecule has 0 aliphatic heterocycles. The van der Waals surface area contributed by atoms with Gasteiger partial charge in [0.05, 0.1) is 33.4 Å². The van der Waals surface area contributed by atoms with Crippen molar-refractivity contribution in [1.29, 1.82) is 0 Å². The lowest BCUT2D eigenvalue weighted by Crippen LogP contribution is -2.36. The van der Waals surface area contributed by atoms with Crippen LogP contribution in [0.5, 0.6) is 0 Å². The fraction of sp³-hybridized carbons (Fsp3) is 0.500. The zero-order chi connectivity index (χ0) is 11.5. The summed E-state index contributed by atoms with van der Waals surface area (Å²) >= 11 is 4.47. The largest absolute Gasteiger partial charge is 0.445 e. The number of nitrogens with zero attached hydrogens (tertiary/aromatic N) is 1. The predicted octanol–water partition coefficient (Wildman–Crippen LogP) is 2.62. The minimum absolute atomic E-state index is 0.00542. The standard InChI is InChI=1S/C10H15BrNO2S/c1-12(2,3)6-7-15-10(13)8-4-5-9(11)14-8/h4-5H,6-7H2,1-3H3/q+1. The van der Waals surface area contributed by atoms with Gasteiger partial charge >= 0.3 is 0 Å². The summed E-state index contributed by atoms with van der Waals surface area (Å²) in [4.78, 5) is 11.6. The molecule has 0 atom stereocenters. The monoisotopic (exact) mass is 292 g/mol. The third-order valence-corrected chi connectivity index (χ3v) is 3.05. The molecule has 0 fully saturated rings. The van der Waals surface area contributed by atoms with Gasteiger partial charge in [-0.1, -0.05) is 11.8 Å². The highest BCUT2D eigenvalue weighted by Gasteiger charge is 2.13. The molecule has 0 saturated heterocycles. The molecule has 15 heavy (non-hydrogen) atoms. The van der Waals surface area contributed by atoms with Crippen LogP contribution in [0.3, 0.4) is 0 Å². The first-order valence-electron chi connectivity index (χ1n) is 4.61. The van der Waals surface area contributed by atoms with E-state index in [1.54, 1.807) is 12.1 Å². The molecule has 0 unspecified atom stereocenters. The minimum atomic E-state index is -0.00542.